The van der Waals surface area contributed by atoms with Crippen LogP contribution in [0.15, 0.2) is 24.3 Å². The third-order valence-electron chi connectivity index (χ3n) is 4.01. The number of amides is 2. The van der Waals surface area contributed by atoms with Crippen LogP contribution in [0.3, 0.4) is 0 Å². The molecule has 1 unspecified atom stereocenters. The number of fused-ring (bicyclic) bond motifs is 1. The topological polar surface area (TPSA) is 60.9 Å². The molecule has 1 aromatic carbocycles. The molecule has 0 saturated carbocycles. The number of nitrogens with zero attached hydrogens (tertiary/aromatic N) is 2. The molecule has 0 bridgehead atoms. The number of imide groups is 1. The van der Waals surface area contributed by atoms with Crippen molar-refractivity contribution < 1.29 is 14.7 Å². The lowest BCUT2D eigenvalue weighted by Gasteiger charge is -2.25. The molecule has 1 atom stereocenters. The van der Waals surface area contributed by atoms with Crippen molar-refractivity contribution in [2.75, 3.05) is 19.8 Å². The fraction of sp³-hybridized carbons (Fsp3) is 0.467. The molecule has 2 amide bonds. The van der Waals surface area contributed by atoms with Crippen molar-refractivity contribution in [1.29, 1.82) is 0 Å². The maximum atomic E-state index is 12.3. The number of hydrogen-bond acceptors (Lipinski definition) is 4. The average Bonchev–Trinajstić information content (AvgIpc) is 2.61. The Kier molecular flexibility index (Phi) is 3.54. The summed E-state index contributed by atoms with van der Waals surface area (Å²) >= 11 is 0. The highest BCUT2D eigenvalue weighted by molar-refractivity contribution is 6.21. The minimum absolute atomic E-state index is 0.213. The summed E-state index contributed by atoms with van der Waals surface area (Å²) in [5.74, 6) is -0.425. The number of benzene rings is 1. The molecular formula is C15H18N2O3. The molecule has 20 heavy (non-hydrogen) atoms. The molecule has 106 valence electrons. The zero-order chi connectivity index (χ0) is 14.1. The van der Waals surface area contributed by atoms with Gasteiger partial charge >= 0.3 is 0 Å². The predicted octanol–water partition coefficient (Wildman–Crippen LogP) is 1.09. The van der Waals surface area contributed by atoms with Crippen LogP contribution >= 0.6 is 0 Å². The van der Waals surface area contributed by atoms with E-state index in [1.54, 1.807) is 24.3 Å². The Bertz CT molecular complexity index is 509. The van der Waals surface area contributed by atoms with Gasteiger partial charge in [0.25, 0.3) is 11.8 Å². The molecule has 5 heteroatoms. The highest BCUT2D eigenvalue weighted by Gasteiger charge is 2.36. The summed E-state index contributed by atoms with van der Waals surface area (Å²) in [6, 6.07) is 6.94. The standard InChI is InChI=1S/C15H18N2O3/c18-11-4-3-8-16(9-7-11)10-17-14(19)12-5-1-2-6-13(12)15(17)20/h1-2,5-6,11,18H,3-4,7-10H2. The number of aliphatic hydroxyl groups is 1. The van der Waals surface area contributed by atoms with Crippen molar-refractivity contribution in [3.63, 3.8) is 0 Å². The van der Waals surface area contributed by atoms with E-state index in [0.29, 0.717) is 30.8 Å². The van der Waals surface area contributed by atoms with Crippen LogP contribution in [-0.4, -0.2) is 52.6 Å². The molecule has 3 rings (SSSR count). The third-order valence-corrected chi connectivity index (χ3v) is 4.01. The van der Waals surface area contributed by atoms with E-state index in [4.69, 9.17) is 0 Å². The van der Waals surface area contributed by atoms with E-state index in [1.807, 2.05) is 0 Å². The Morgan fingerprint density at radius 2 is 1.70 bits per heavy atom. The molecule has 5 nitrogen and oxygen atoms in total. The van der Waals surface area contributed by atoms with Crippen molar-refractivity contribution in [2.45, 2.75) is 25.4 Å². The molecule has 0 aromatic heterocycles. The van der Waals surface area contributed by atoms with Crippen molar-refractivity contribution in [3.8, 4) is 0 Å². The van der Waals surface area contributed by atoms with E-state index in [-0.39, 0.29) is 17.9 Å². The molecule has 0 spiro atoms. The fourth-order valence-corrected chi connectivity index (χ4v) is 2.85. The normalized spacial score (nSPS) is 23.9. The van der Waals surface area contributed by atoms with Crippen LogP contribution in [0.1, 0.15) is 40.0 Å². The summed E-state index contributed by atoms with van der Waals surface area (Å²) in [7, 11) is 0. The second-order valence-electron chi connectivity index (χ2n) is 5.43. The lowest BCUT2D eigenvalue weighted by Crippen LogP contribution is -2.41. The summed E-state index contributed by atoms with van der Waals surface area (Å²) in [4.78, 5) is 27.9. The van der Waals surface area contributed by atoms with Crippen LogP contribution in [0.5, 0.6) is 0 Å². The van der Waals surface area contributed by atoms with Crippen LogP contribution in [0.2, 0.25) is 0 Å². The number of aliphatic hydroxyl groups excluding tert-OH is 1. The fourth-order valence-electron chi connectivity index (χ4n) is 2.85. The molecule has 0 aliphatic carbocycles. The summed E-state index contributed by atoms with van der Waals surface area (Å²) in [6.45, 7) is 1.85. The number of carbonyl (C=O) groups excluding carboxylic acids is 2. The van der Waals surface area contributed by atoms with E-state index in [1.165, 1.54) is 4.90 Å². The Hall–Kier alpha value is -1.72. The van der Waals surface area contributed by atoms with Crippen LogP contribution in [0.4, 0.5) is 0 Å². The highest BCUT2D eigenvalue weighted by Crippen LogP contribution is 2.23. The average molecular weight is 274 g/mol. The number of likely N-dealkylation sites (tertiary alicyclic amines) is 1. The Morgan fingerprint density at radius 3 is 2.35 bits per heavy atom. The molecule has 2 aliphatic heterocycles. The monoisotopic (exact) mass is 274 g/mol. The van der Waals surface area contributed by atoms with Crippen LogP contribution in [0.25, 0.3) is 0 Å². The van der Waals surface area contributed by atoms with E-state index in [9.17, 15) is 14.7 Å². The Labute approximate surface area is 117 Å². The summed E-state index contributed by atoms with van der Waals surface area (Å²) < 4.78 is 0. The molecule has 1 N–H and O–H groups in total. The lowest BCUT2D eigenvalue weighted by molar-refractivity contribution is 0.0540. The van der Waals surface area contributed by atoms with E-state index in [2.05, 4.69) is 4.90 Å². The second-order valence-corrected chi connectivity index (χ2v) is 5.43. The molecular weight excluding hydrogens is 256 g/mol. The van der Waals surface area contributed by atoms with Gasteiger partial charge in [0.1, 0.15) is 0 Å². The molecule has 1 fully saturated rings. The minimum atomic E-state index is -0.262. The minimum Gasteiger partial charge on any atom is -0.393 e. The molecule has 1 aromatic rings. The Morgan fingerprint density at radius 1 is 1.05 bits per heavy atom. The summed E-state index contributed by atoms with van der Waals surface area (Å²) in [5, 5.41) is 9.64. The highest BCUT2D eigenvalue weighted by atomic mass is 16.3. The van der Waals surface area contributed by atoms with Gasteiger partial charge in [0.05, 0.1) is 23.9 Å². The van der Waals surface area contributed by atoms with Crippen molar-refractivity contribution in [2.24, 2.45) is 0 Å². The van der Waals surface area contributed by atoms with Gasteiger partial charge in [-0.2, -0.15) is 0 Å². The zero-order valence-corrected chi connectivity index (χ0v) is 11.3. The first-order chi connectivity index (χ1) is 9.66. The number of hydrogen-bond donors (Lipinski definition) is 1. The van der Waals surface area contributed by atoms with Crippen molar-refractivity contribution in [3.05, 3.63) is 35.4 Å². The van der Waals surface area contributed by atoms with Gasteiger partial charge in [0, 0.05) is 6.54 Å². The van der Waals surface area contributed by atoms with Crippen LogP contribution in [0, 0.1) is 0 Å². The van der Waals surface area contributed by atoms with E-state index < -0.39 is 0 Å². The summed E-state index contributed by atoms with van der Waals surface area (Å²) in [6.07, 6.45) is 2.12. The quantitative estimate of drug-likeness (QED) is 0.820. The van der Waals surface area contributed by atoms with Gasteiger partial charge in [-0.15, -0.1) is 0 Å². The van der Waals surface area contributed by atoms with Gasteiger partial charge in [0.2, 0.25) is 0 Å². The van der Waals surface area contributed by atoms with Crippen LogP contribution in [-0.2, 0) is 0 Å². The Balaban J connectivity index is 1.73. The van der Waals surface area contributed by atoms with Crippen LogP contribution < -0.4 is 0 Å². The molecule has 2 heterocycles. The SMILES string of the molecule is O=C1c2ccccc2C(=O)N1CN1CCCC(O)CC1. The smallest absolute Gasteiger partial charge is 0.262 e. The van der Waals surface area contributed by atoms with Gasteiger partial charge in [-0.3, -0.25) is 19.4 Å². The third kappa shape index (κ3) is 2.34. The number of rotatable bonds is 2. The largest absolute Gasteiger partial charge is 0.393 e. The van der Waals surface area contributed by atoms with Gasteiger partial charge in [-0.05, 0) is 37.9 Å². The molecule has 2 aliphatic rings. The summed E-state index contributed by atoms with van der Waals surface area (Å²) in [5.41, 5.74) is 0.986. The molecule has 1 saturated heterocycles. The van der Waals surface area contributed by atoms with E-state index in [0.717, 1.165) is 19.4 Å². The van der Waals surface area contributed by atoms with Crippen molar-refractivity contribution >= 4 is 11.8 Å². The van der Waals surface area contributed by atoms with E-state index >= 15 is 0 Å². The first kappa shape index (κ1) is 13.3. The lowest BCUT2D eigenvalue weighted by atomic mass is 10.1. The van der Waals surface area contributed by atoms with Gasteiger partial charge in [-0.25, -0.2) is 0 Å². The number of carbonyl (C=O) groups is 2. The first-order valence-corrected chi connectivity index (χ1v) is 7.02. The van der Waals surface area contributed by atoms with Gasteiger partial charge in [-0.1, -0.05) is 12.1 Å². The maximum absolute atomic E-state index is 12.3. The van der Waals surface area contributed by atoms with Gasteiger partial charge in [0.15, 0.2) is 0 Å². The predicted molar refractivity (Wildman–Crippen MR) is 73.2 cm³/mol. The zero-order valence-electron chi connectivity index (χ0n) is 11.3. The first-order valence-electron chi connectivity index (χ1n) is 7.02. The molecule has 0 radical (unpaired) electrons. The van der Waals surface area contributed by atoms with Gasteiger partial charge < -0.3 is 5.11 Å². The second kappa shape index (κ2) is 5.34. The maximum Gasteiger partial charge on any atom is 0.262 e. The van der Waals surface area contributed by atoms with Crippen molar-refractivity contribution in [1.82, 2.24) is 9.80 Å².